The van der Waals surface area contributed by atoms with Crippen molar-refractivity contribution in [1.29, 1.82) is 0 Å². The monoisotopic (exact) mass is 820 g/mol. The molecule has 3 aromatic carbocycles. The Balaban J connectivity index is 1.14. The van der Waals surface area contributed by atoms with Crippen molar-refractivity contribution >= 4 is 29.4 Å². The number of H-pyrrole nitrogens is 1. The number of nitrogens with one attached hydrogen (secondary N) is 4. The molecule has 2 heterocycles. The number of aromatic nitrogens is 3. The molecular formula is C42H48F4N8O5. The number of halogens is 4. The van der Waals surface area contributed by atoms with Gasteiger partial charge in [-0.1, -0.05) is 30.3 Å². The minimum Gasteiger partial charge on any atom is -0.477 e. The smallest absolute Gasteiger partial charge is 0.411 e. The number of hydrogen-bond acceptors (Lipinski definition) is 8. The van der Waals surface area contributed by atoms with Crippen LogP contribution in [0.4, 0.5) is 23.2 Å². The van der Waals surface area contributed by atoms with Crippen LogP contribution in [0.2, 0.25) is 0 Å². The third-order valence-corrected chi connectivity index (χ3v) is 11.3. The van der Waals surface area contributed by atoms with Crippen LogP contribution >= 0.6 is 0 Å². The van der Waals surface area contributed by atoms with E-state index in [1.165, 1.54) is 24.3 Å². The lowest BCUT2D eigenvalue weighted by molar-refractivity contribution is -0.231. The molecule has 2 aliphatic rings. The van der Waals surface area contributed by atoms with E-state index in [4.69, 9.17) is 10.8 Å². The Hall–Kier alpha value is -5.68. The number of carbonyl (C=O) groups is 4. The molecule has 59 heavy (non-hydrogen) atoms. The van der Waals surface area contributed by atoms with Crippen LogP contribution in [0.5, 0.6) is 0 Å². The average molecular weight is 821 g/mol. The van der Waals surface area contributed by atoms with Gasteiger partial charge in [-0.05, 0) is 137 Å². The van der Waals surface area contributed by atoms with Gasteiger partial charge in [-0.3, -0.25) is 19.5 Å². The number of aromatic amines is 1. The van der Waals surface area contributed by atoms with E-state index in [0.717, 1.165) is 61.0 Å². The van der Waals surface area contributed by atoms with Gasteiger partial charge in [0.1, 0.15) is 6.04 Å². The summed E-state index contributed by atoms with van der Waals surface area (Å²) in [6.45, 7) is 4.39. The second-order valence-electron chi connectivity index (χ2n) is 15.5. The van der Waals surface area contributed by atoms with Gasteiger partial charge < -0.3 is 31.7 Å². The first kappa shape index (κ1) is 42.9. The average Bonchev–Trinajstić information content (AvgIpc) is 3.73. The van der Waals surface area contributed by atoms with Crippen molar-refractivity contribution < 1.29 is 41.8 Å². The first-order chi connectivity index (χ1) is 28.0. The Morgan fingerprint density at radius 2 is 1.56 bits per heavy atom. The lowest BCUT2D eigenvalue weighted by atomic mass is 9.81. The summed E-state index contributed by atoms with van der Waals surface area (Å²) in [4.78, 5) is 56.7. The Labute approximate surface area is 338 Å². The Bertz CT molecular complexity index is 2130. The standard InChI is InChI=1S/C42H48F4N8O5/c1-24-21-30(37(56)48-32-17-19-54(2)20-18-32)13-16-33(24)27-7-3-25(4-8-27)22-34(50-36(55)29-9-5-26(23-47)6-10-29)38(57)49-31-14-11-28(12-15-31)35-51-39(53-52-35)41(43,44)42(45,46)40(58)59/h3-4,7-8,11-16,21,26,29,32,34H,5-6,9-10,17-20,22-23,47H2,1-2H3,(H,48,56)(H,49,57)(H,50,55)(H,58,59)(H,51,52,53)/t26-,29-,34-/m0/s1. The molecule has 0 bridgehead atoms. The highest BCUT2D eigenvalue weighted by Gasteiger charge is 2.66. The third-order valence-electron chi connectivity index (χ3n) is 11.3. The van der Waals surface area contributed by atoms with Crippen LogP contribution in [0.15, 0.2) is 66.7 Å². The maximum atomic E-state index is 14.2. The minimum atomic E-state index is -5.45. The molecule has 1 aliphatic heterocycles. The number of alkyl halides is 4. The molecule has 6 rings (SSSR count). The van der Waals surface area contributed by atoms with Gasteiger partial charge in [-0.2, -0.15) is 22.7 Å². The second-order valence-corrected chi connectivity index (χ2v) is 15.5. The van der Waals surface area contributed by atoms with E-state index in [1.807, 2.05) is 49.4 Å². The van der Waals surface area contributed by atoms with Gasteiger partial charge in [0.25, 0.3) is 5.91 Å². The molecule has 0 unspecified atom stereocenters. The zero-order valence-corrected chi connectivity index (χ0v) is 32.7. The molecule has 1 aromatic heterocycles. The number of carbonyl (C=O) groups excluding carboxylic acids is 3. The molecule has 314 valence electrons. The van der Waals surface area contributed by atoms with Crippen molar-refractivity contribution in [2.75, 3.05) is 32.0 Å². The van der Waals surface area contributed by atoms with Crippen molar-refractivity contribution in [3.05, 3.63) is 89.2 Å². The SMILES string of the molecule is Cc1cc(C(=O)NC2CCN(C)CC2)ccc1-c1ccc(C[C@H](NC(=O)[C@H]2CC[C@H](CN)CC2)C(=O)Nc2ccc(-c3nc(C(F)(F)C(F)(F)C(=O)O)n[nH]3)cc2)cc1. The lowest BCUT2D eigenvalue weighted by Gasteiger charge is -2.29. The zero-order valence-electron chi connectivity index (χ0n) is 32.7. The second kappa shape index (κ2) is 18.1. The molecule has 3 amide bonds. The first-order valence-corrected chi connectivity index (χ1v) is 19.6. The van der Waals surface area contributed by atoms with Crippen LogP contribution in [0.1, 0.15) is 65.8 Å². The van der Waals surface area contributed by atoms with E-state index in [0.29, 0.717) is 30.9 Å². The van der Waals surface area contributed by atoms with Crippen molar-refractivity contribution in [3.63, 3.8) is 0 Å². The fraction of sp³-hybridized carbons (Fsp3) is 0.429. The molecule has 7 N–H and O–H groups in total. The van der Waals surface area contributed by atoms with E-state index in [-0.39, 0.29) is 47.3 Å². The molecule has 4 aromatic rings. The predicted octanol–water partition coefficient (Wildman–Crippen LogP) is 5.51. The molecule has 1 aliphatic carbocycles. The normalized spacial score (nSPS) is 18.5. The highest BCUT2D eigenvalue weighted by atomic mass is 19.3. The number of carboxylic acid groups (broad SMARTS) is 1. The fourth-order valence-corrected chi connectivity index (χ4v) is 7.51. The van der Waals surface area contributed by atoms with Crippen LogP contribution < -0.4 is 21.7 Å². The summed E-state index contributed by atoms with van der Waals surface area (Å²) < 4.78 is 55.9. The fourth-order valence-electron chi connectivity index (χ4n) is 7.51. The predicted molar refractivity (Wildman–Crippen MR) is 212 cm³/mol. The minimum absolute atomic E-state index is 0.0975. The van der Waals surface area contributed by atoms with Gasteiger partial charge in [0, 0.05) is 35.2 Å². The van der Waals surface area contributed by atoms with E-state index < -0.39 is 35.6 Å². The van der Waals surface area contributed by atoms with Crippen LogP contribution in [0.25, 0.3) is 22.5 Å². The molecule has 0 radical (unpaired) electrons. The van der Waals surface area contributed by atoms with Crippen molar-refractivity contribution in [1.82, 2.24) is 30.7 Å². The van der Waals surface area contributed by atoms with Gasteiger partial charge in [0.15, 0.2) is 5.82 Å². The van der Waals surface area contributed by atoms with E-state index in [1.54, 1.807) is 0 Å². The van der Waals surface area contributed by atoms with Crippen LogP contribution in [0.3, 0.4) is 0 Å². The lowest BCUT2D eigenvalue weighted by Crippen LogP contribution is -2.48. The highest BCUT2D eigenvalue weighted by Crippen LogP contribution is 2.42. The molecule has 1 saturated heterocycles. The molecule has 1 atom stereocenters. The summed E-state index contributed by atoms with van der Waals surface area (Å²) in [5, 5.41) is 22.7. The Morgan fingerprint density at radius 3 is 2.17 bits per heavy atom. The van der Waals surface area contributed by atoms with Gasteiger partial charge in [-0.15, -0.1) is 0 Å². The number of hydrogen-bond donors (Lipinski definition) is 6. The third kappa shape index (κ3) is 9.96. The van der Waals surface area contributed by atoms with E-state index >= 15 is 0 Å². The number of amides is 3. The highest BCUT2D eigenvalue weighted by molar-refractivity contribution is 5.98. The van der Waals surface area contributed by atoms with Crippen molar-refractivity contribution in [2.24, 2.45) is 17.6 Å². The summed E-state index contributed by atoms with van der Waals surface area (Å²) in [5.41, 5.74) is 10.4. The number of aryl methyl sites for hydroxylation is 1. The van der Waals surface area contributed by atoms with Gasteiger partial charge in [0.05, 0.1) is 0 Å². The number of carboxylic acids is 1. The number of rotatable bonds is 14. The molecule has 1 saturated carbocycles. The summed E-state index contributed by atoms with van der Waals surface area (Å²) in [5.74, 6) is -16.5. The number of aliphatic carboxylic acids is 1. The van der Waals surface area contributed by atoms with Crippen molar-refractivity contribution in [3.8, 4) is 22.5 Å². The van der Waals surface area contributed by atoms with Gasteiger partial charge in [-0.25, -0.2) is 9.78 Å². The maximum Gasteiger partial charge on any atom is 0.411 e. The number of nitrogens with zero attached hydrogens (tertiary/aromatic N) is 3. The van der Waals surface area contributed by atoms with Gasteiger partial charge >= 0.3 is 17.8 Å². The number of piperidine rings is 1. The number of likely N-dealkylation sites (tertiary alicyclic amines) is 1. The number of benzene rings is 3. The molecule has 0 spiro atoms. The van der Waals surface area contributed by atoms with Crippen LogP contribution in [-0.2, 0) is 26.7 Å². The first-order valence-electron chi connectivity index (χ1n) is 19.6. The quantitative estimate of drug-likeness (QED) is 0.0889. The summed E-state index contributed by atoms with van der Waals surface area (Å²) in [7, 11) is 2.07. The number of anilines is 1. The van der Waals surface area contributed by atoms with E-state index in [9.17, 15) is 36.7 Å². The summed E-state index contributed by atoms with van der Waals surface area (Å²) >= 11 is 0. The Kier molecular flexibility index (Phi) is 13.1. The molecule has 2 fully saturated rings. The maximum absolute atomic E-state index is 14.2. The zero-order chi connectivity index (χ0) is 42.5. The topological polar surface area (TPSA) is 195 Å². The van der Waals surface area contributed by atoms with Crippen LogP contribution in [-0.4, -0.2) is 93.6 Å². The van der Waals surface area contributed by atoms with Crippen LogP contribution in [0, 0.1) is 18.8 Å². The summed E-state index contributed by atoms with van der Waals surface area (Å²) in [6, 6.07) is 18.0. The largest absolute Gasteiger partial charge is 0.477 e. The van der Waals surface area contributed by atoms with E-state index in [2.05, 4.69) is 43.1 Å². The van der Waals surface area contributed by atoms with Gasteiger partial charge in [0.2, 0.25) is 17.6 Å². The molecule has 17 heteroatoms. The summed E-state index contributed by atoms with van der Waals surface area (Å²) in [6.07, 6.45) is 4.91. The number of nitrogens with two attached hydrogens (primary N) is 1. The van der Waals surface area contributed by atoms with Crippen molar-refractivity contribution in [2.45, 2.75) is 75.8 Å². The Morgan fingerprint density at radius 1 is 0.915 bits per heavy atom. The molecular weight excluding hydrogens is 773 g/mol. The molecule has 13 nitrogen and oxygen atoms in total.